The Balaban J connectivity index is 2.50. The van der Waals surface area contributed by atoms with Crippen molar-refractivity contribution in [3.63, 3.8) is 0 Å². The number of nitrogens with one attached hydrogen (secondary N) is 2. The summed E-state index contributed by atoms with van der Waals surface area (Å²) in [4.78, 5) is 18.2. The Morgan fingerprint density at radius 3 is 2.86 bits per heavy atom. The number of nitriles is 1. The maximum atomic E-state index is 11.0. The molecule has 9 heteroatoms. The van der Waals surface area contributed by atoms with Crippen molar-refractivity contribution in [2.24, 2.45) is 0 Å². The fraction of sp³-hybridized carbons (Fsp3) is 0.0833. The highest BCUT2D eigenvalue weighted by atomic mass is 79.9. The van der Waals surface area contributed by atoms with Gasteiger partial charge in [-0.3, -0.25) is 10.1 Å². The molecule has 0 unspecified atom stereocenters. The third-order valence-corrected chi connectivity index (χ3v) is 3.04. The molecule has 0 bridgehead atoms. The summed E-state index contributed by atoms with van der Waals surface area (Å²) in [5, 5.41) is 25.6. The minimum absolute atomic E-state index is 0.00829. The second kappa shape index (κ2) is 6.15. The molecule has 0 fully saturated rings. The summed E-state index contributed by atoms with van der Waals surface area (Å²) < 4.78 is 0.731. The van der Waals surface area contributed by atoms with Gasteiger partial charge in [0.1, 0.15) is 12.3 Å². The van der Waals surface area contributed by atoms with Gasteiger partial charge in [-0.15, -0.1) is 0 Å². The minimum atomic E-state index is -0.591. The van der Waals surface area contributed by atoms with Crippen molar-refractivity contribution in [2.75, 3.05) is 17.7 Å². The molecule has 0 aliphatic carbocycles. The third kappa shape index (κ3) is 3.24. The van der Waals surface area contributed by atoms with E-state index in [9.17, 15) is 10.1 Å². The first-order valence-electron chi connectivity index (χ1n) is 5.71. The predicted octanol–water partition coefficient (Wildman–Crippen LogP) is 2.80. The van der Waals surface area contributed by atoms with Crippen molar-refractivity contribution >= 4 is 39.1 Å². The first kappa shape index (κ1) is 14.7. The monoisotopic (exact) mass is 348 g/mol. The molecular weight excluding hydrogens is 340 g/mol. The van der Waals surface area contributed by atoms with Gasteiger partial charge in [-0.2, -0.15) is 10.2 Å². The number of anilines is 3. The zero-order valence-corrected chi connectivity index (χ0v) is 12.4. The fourth-order valence-corrected chi connectivity index (χ4v) is 1.93. The van der Waals surface area contributed by atoms with Gasteiger partial charge in [0.15, 0.2) is 0 Å². The molecule has 1 aromatic heterocycles. The molecule has 1 heterocycles. The van der Waals surface area contributed by atoms with Gasteiger partial charge in [0.2, 0.25) is 11.8 Å². The summed E-state index contributed by atoms with van der Waals surface area (Å²) >= 11 is 3.29. The van der Waals surface area contributed by atoms with E-state index in [1.165, 1.54) is 0 Å². The predicted molar refractivity (Wildman–Crippen MR) is 80.4 cm³/mol. The molecule has 0 amide bonds. The van der Waals surface area contributed by atoms with Crippen LogP contribution in [0, 0.1) is 21.4 Å². The van der Waals surface area contributed by atoms with Crippen molar-refractivity contribution in [1.29, 1.82) is 5.26 Å². The van der Waals surface area contributed by atoms with Crippen LogP contribution < -0.4 is 10.6 Å². The van der Waals surface area contributed by atoms with Crippen molar-refractivity contribution < 1.29 is 4.92 Å². The van der Waals surface area contributed by atoms with Crippen LogP contribution in [0.1, 0.15) is 5.56 Å². The number of benzene rings is 1. The Bertz CT molecular complexity index is 743. The van der Waals surface area contributed by atoms with E-state index >= 15 is 0 Å². The standard InChI is InChI=1S/C12H9BrN6O2/c1-15-12-16-6-10(19(20)21)11(18-12)17-9-4-8(13)3-2-7(9)5-14/h2-4,6H,1H3,(H2,15,16,17,18). The second-order valence-corrected chi connectivity index (χ2v) is 4.78. The van der Waals surface area contributed by atoms with E-state index in [-0.39, 0.29) is 17.5 Å². The van der Waals surface area contributed by atoms with Crippen molar-refractivity contribution in [3.05, 3.63) is 44.5 Å². The average Bonchev–Trinajstić information content (AvgIpc) is 2.47. The van der Waals surface area contributed by atoms with Gasteiger partial charge in [0.25, 0.3) is 0 Å². The minimum Gasteiger partial charge on any atom is -0.357 e. The van der Waals surface area contributed by atoms with Crippen molar-refractivity contribution in [3.8, 4) is 6.07 Å². The largest absolute Gasteiger partial charge is 0.357 e. The molecule has 0 saturated heterocycles. The van der Waals surface area contributed by atoms with E-state index in [1.54, 1.807) is 25.2 Å². The lowest BCUT2D eigenvalue weighted by Crippen LogP contribution is -2.05. The van der Waals surface area contributed by atoms with Crippen LogP contribution in [-0.2, 0) is 0 Å². The van der Waals surface area contributed by atoms with E-state index in [0.717, 1.165) is 10.7 Å². The highest BCUT2D eigenvalue weighted by Gasteiger charge is 2.18. The maximum Gasteiger partial charge on any atom is 0.329 e. The van der Waals surface area contributed by atoms with Crippen LogP contribution >= 0.6 is 15.9 Å². The Morgan fingerprint density at radius 1 is 1.48 bits per heavy atom. The van der Waals surface area contributed by atoms with Crippen molar-refractivity contribution in [1.82, 2.24) is 9.97 Å². The highest BCUT2D eigenvalue weighted by Crippen LogP contribution is 2.29. The first-order valence-corrected chi connectivity index (χ1v) is 6.50. The summed E-state index contributed by atoms with van der Waals surface area (Å²) in [6, 6.07) is 6.95. The molecule has 0 spiro atoms. The summed E-state index contributed by atoms with van der Waals surface area (Å²) in [5.74, 6) is 0.241. The lowest BCUT2D eigenvalue weighted by Gasteiger charge is -2.09. The Morgan fingerprint density at radius 2 is 2.24 bits per heavy atom. The molecule has 2 aromatic rings. The van der Waals surface area contributed by atoms with Crippen LogP contribution in [0.5, 0.6) is 0 Å². The third-order valence-electron chi connectivity index (χ3n) is 2.54. The zero-order chi connectivity index (χ0) is 15.4. The SMILES string of the molecule is CNc1ncc([N+](=O)[O-])c(Nc2cc(Br)ccc2C#N)n1. The van der Waals surface area contributed by atoms with Crippen LogP contribution in [0.2, 0.25) is 0 Å². The van der Waals surface area contributed by atoms with Crippen LogP contribution in [-0.4, -0.2) is 21.9 Å². The Hall–Kier alpha value is -2.73. The number of aromatic nitrogens is 2. The molecule has 0 saturated carbocycles. The van der Waals surface area contributed by atoms with Crippen LogP contribution in [0.3, 0.4) is 0 Å². The summed E-state index contributed by atoms with van der Waals surface area (Å²) in [7, 11) is 1.60. The zero-order valence-electron chi connectivity index (χ0n) is 10.8. The molecule has 2 N–H and O–H groups in total. The fourth-order valence-electron chi connectivity index (χ4n) is 1.57. The molecule has 106 valence electrons. The van der Waals surface area contributed by atoms with Gasteiger partial charge in [-0.25, -0.2) is 4.98 Å². The van der Waals surface area contributed by atoms with Gasteiger partial charge < -0.3 is 10.6 Å². The second-order valence-electron chi connectivity index (χ2n) is 3.86. The molecule has 0 radical (unpaired) electrons. The topological polar surface area (TPSA) is 117 Å². The number of hydrogen-bond donors (Lipinski definition) is 2. The van der Waals surface area contributed by atoms with Crippen LogP contribution in [0.15, 0.2) is 28.9 Å². The van der Waals surface area contributed by atoms with E-state index in [4.69, 9.17) is 5.26 Å². The normalized spacial score (nSPS) is 9.76. The van der Waals surface area contributed by atoms with Gasteiger partial charge in [-0.05, 0) is 18.2 Å². The average molecular weight is 349 g/mol. The van der Waals surface area contributed by atoms with Crippen LogP contribution in [0.25, 0.3) is 0 Å². The van der Waals surface area contributed by atoms with Gasteiger partial charge in [0, 0.05) is 11.5 Å². The Kier molecular flexibility index (Phi) is 4.30. The first-order chi connectivity index (χ1) is 10.0. The Labute approximate surface area is 128 Å². The van der Waals surface area contributed by atoms with E-state index in [1.807, 2.05) is 6.07 Å². The highest BCUT2D eigenvalue weighted by molar-refractivity contribution is 9.10. The molecule has 8 nitrogen and oxygen atoms in total. The molecule has 2 rings (SSSR count). The summed E-state index contributed by atoms with van der Waals surface area (Å²) in [5.41, 5.74) is 0.478. The quantitative estimate of drug-likeness (QED) is 0.644. The molecule has 0 atom stereocenters. The summed E-state index contributed by atoms with van der Waals surface area (Å²) in [6.07, 6.45) is 1.10. The lowest BCUT2D eigenvalue weighted by atomic mass is 10.2. The molecule has 0 aliphatic rings. The van der Waals surface area contributed by atoms with E-state index in [2.05, 4.69) is 36.5 Å². The molecule has 0 aliphatic heterocycles. The molecule has 1 aromatic carbocycles. The number of nitro groups is 1. The summed E-state index contributed by atoms with van der Waals surface area (Å²) in [6.45, 7) is 0. The number of nitrogens with zero attached hydrogens (tertiary/aromatic N) is 4. The van der Waals surface area contributed by atoms with Gasteiger partial charge in [-0.1, -0.05) is 15.9 Å². The lowest BCUT2D eigenvalue weighted by molar-refractivity contribution is -0.384. The number of halogens is 1. The number of rotatable bonds is 4. The van der Waals surface area contributed by atoms with E-state index < -0.39 is 4.92 Å². The maximum absolute atomic E-state index is 11.0. The smallest absolute Gasteiger partial charge is 0.329 e. The van der Waals surface area contributed by atoms with Gasteiger partial charge in [0.05, 0.1) is 16.2 Å². The van der Waals surface area contributed by atoms with E-state index in [0.29, 0.717) is 11.3 Å². The van der Waals surface area contributed by atoms with Crippen molar-refractivity contribution in [2.45, 2.75) is 0 Å². The van der Waals surface area contributed by atoms with Gasteiger partial charge >= 0.3 is 5.69 Å². The molecule has 21 heavy (non-hydrogen) atoms. The molecular formula is C12H9BrN6O2. The number of hydrogen-bond acceptors (Lipinski definition) is 7. The van der Waals surface area contributed by atoms with Crippen LogP contribution in [0.4, 0.5) is 23.1 Å².